The number of halogens is 1. The van der Waals surface area contributed by atoms with E-state index in [0.29, 0.717) is 28.2 Å². The van der Waals surface area contributed by atoms with Gasteiger partial charge < -0.3 is 10.6 Å². The van der Waals surface area contributed by atoms with Crippen LogP contribution in [0.5, 0.6) is 0 Å². The Hall–Kier alpha value is -3.99. The molecule has 0 unspecified atom stereocenters. The molecule has 1 aliphatic carbocycles. The molecule has 0 radical (unpaired) electrons. The summed E-state index contributed by atoms with van der Waals surface area (Å²) in [5.41, 5.74) is 7.03. The zero-order chi connectivity index (χ0) is 24.7. The molecule has 11 heteroatoms. The fraction of sp³-hybridized carbons (Fsp3) is 0.208. The van der Waals surface area contributed by atoms with Gasteiger partial charge in [0.1, 0.15) is 5.82 Å². The normalized spacial score (nSPS) is 13.7. The zero-order valence-electron chi connectivity index (χ0n) is 18.7. The third-order valence-electron chi connectivity index (χ3n) is 5.70. The summed E-state index contributed by atoms with van der Waals surface area (Å²) in [4.78, 5) is 31.7. The van der Waals surface area contributed by atoms with E-state index in [1.165, 1.54) is 35.6 Å². The summed E-state index contributed by atoms with van der Waals surface area (Å²) in [5.74, 6) is -0.326. The third kappa shape index (κ3) is 4.67. The van der Waals surface area contributed by atoms with Crippen LogP contribution in [0.4, 0.5) is 15.9 Å². The Morgan fingerprint density at radius 1 is 1.14 bits per heavy atom. The second kappa shape index (κ2) is 8.66. The number of anilines is 2. The van der Waals surface area contributed by atoms with Crippen LogP contribution < -0.4 is 10.6 Å². The molecule has 1 aromatic carbocycles. The van der Waals surface area contributed by atoms with Crippen LogP contribution >= 0.6 is 0 Å². The van der Waals surface area contributed by atoms with Gasteiger partial charge in [0.2, 0.25) is 0 Å². The van der Waals surface area contributed by atoms with Crippen LogP contribution in [-0.2, 0) is 16.4 Å². The average Bonchev–Trinajstić information content (AvgIpc) is 3.68. The molecule has 1 saturated carbocycles. The van der Waals surface area contributed by atoms with Gasteiger partial charge in [-0.05, 0) is 42.7 Å². The highest BCUT2D eigenvalue weighted by Crippen LogP contribution is 2.37. The number of nitrogens with two attached hydrogens (primary N) is 1. The highest BCUT2D eigenvalue weighted by molar-refractivity contribution is 7.90. The molecule has 178 valence electrons. The molecular weight excluding hydrogens is 471 g/mol. The van der Waals surface area contributed by atoms with Crippen molar-refractivity contribution in [2.24, 2.45) is 0 Å². The molecule has 1 fully saturated rings. The van der Waals surface area contributed by atoms with Gasteiger partial charge in [-0.1, -0.05) is 12.1 Å². The molecule has 35 heavy (non-hydrogen) atoms. The van der Waals surface area contributed by atoms with Gasteiger partial charge in [-0.15, -0.1) is 0 Å². The van der Waals surface area contributed by atoms with Crippen molar-refractivity contribution in [1.82, 2.24) is 19.9 Å². The van der Waals surface area contributed by atoms with E-state index in [0.717, 1.165) is 19.1 Å². The fourth-order valence-corrected chi connectivity index (χ4v) is 4.59. The molecule has 3 aromatic heterocycles. The molecule has 0 saturated heterocycles. The number of nitrogen functional groups attached to an aromatic ring is 1. The standard InChI is InChI=1S/C24H21FN6O3S/c1-35(33,34)23-20(3-2-8-27-23)31(24(32)17-11-28-22(29-12-17)15-6-7-15)13-14-4-5-16-10-18(25)21(26)30-19(16)9-14/h2-5,8-12,15H,6-7,13H2,1H3,(H2,26,30). The van der Waals surface area contributed by atoms with Crippen LogP contribution in [-0.4, -0.2) is 40.5 Å². The van der Waals surface area contributed by atoms with Gasteiger partial charge in [0, 0.05) is 36.2 Å². The minimum atomic E-state index is -3.75. The summed E-state index contributed by atoms with van der Waals surface area (Å²) in [6.07, 6.45) is 7.35. The molecule has 5 rings (SSSR count). The Balaban J connectivity index is 1.58. The predicted molar refractivity (Wildman–Crippen MR) is 128 cm³/mol. The molecule has 0 aliphatic heterocycles. The molecule has 3 heterocycles. The molecule has 1 amide bonds. The number of carbonyl (C=O) groups is 1. The van der Waals surface area contributed by atoms with Gasteiger partial charge in [-0.3, -0.25) is 4.79 Å². The highest BCUT2D eigenvalue weighted by atomic mass is 32.2. The van der Waals surface area contributed by atoms with E-state index in [4.69, 9.17) is 5.73 Å². The van der Waals surface area contributed by atoms with Gasteiger partial charge in [0.25, 0.3) is 5.91 Å². The maximum absolute atomic E-state index is 13.8. The van der Waals surface area contributed by atoms with Crippen LogP contribution in [0.1, 0.15) is 40.5 Å². The van der Waals surface area contributed by atoms with E-state index in [2.05, 4.69) is 19.9 Å². The quantitative estimate of drug-likeness (QED) is 0.434. The monoisotopic (exact) mass is 492 g/mol. The SMILES string of the molecule is CS(=O)(=O)c1ncccc1N(Cc1ccc2cc(F)c(N)nc2c1)C(=O)c1cnc(C2CC2)nc1. The van der Waals surface area contributed by atoms with Gasteiger partial charge in [0.15, 0.2) is 26.5 Å². The van der Waals surface area contributed by atoms with Crippen molar-refractivity contribution in [2.75, 3.05) is 16.9 Å². The van der Waals surface area contributed by atoms with Crippen LogP contribution in [0.15, 0.2) is 60.0 Å². The van der Waals surface area contributed by atoms with E-state index in [-0.39, 0.29) is 28.6 Å². The number of pyridine rings is 2. The highest BCUT2D eigenvalue weighted by Gasteiger charge is 2.28. The number of sulfone groups is 1. The Bertz CT molecular complexity index is 1560. The molecule has 2 N–H and O–H groups in total. The van der Waals surface area contributed by atoms with E-state index >= 15 is 0 Å². The fourth-order valence-electron chi connectivity index (χ4n) is 3.78. The molecule has 0 bridgehead atoms. The number of rotatable bonds is 6. The van der Waals surface area contributed by atoms with E-state index in [1.807, 2.05) is 0 Å². The maximum Gasteiger partial charge on any atom is 0.261 e. The van der Waals surface area contributed by atoms with Gasteiger partial charge in [-0.2, -0.15) is 0 Å². The summed E-state index contributed by atoms with van der Waals surface area (Å²) >= 11 is 0. The van der Waals surface area contributed by atoms with Crippen molar-refractivity contribution in [3.63, 3.8) is 0 Å². The first-order valence-corrected chi connectivity index (χ1v) is 12.7. The number of hydrogen-bond donors (Lipinski definition) is 1. The van der Waals surface area contributed by atoms with E-state index in [9.17, 15) is 17.6 Å². The summed E-state index contributed by atoms with van der Waals surface area (Å²) in [5, 5.41) is 0.315. The number of benzene rings is 1. The van der Waals surface area contributed by atoms with Crippen molar-refractivity contribution in [3.05, 3.63) is 77.8 Å². The van der Waals surface area contributed by atoms with E-state index in [1.54, 1.807) is 24.3 Å². The largest absolute Gasteiger partial charge is 0.381 e. The number of hydrogen-bond acceptors (Lipinski definition) is 8. The van der Waals surface area contributed by atoms with Crippen LogP contribution in [0.3, 0.4) is 0 Å². The number of aromatic nitrogens is 4. The Morgan fingerprint density at radius 3 is 2.57 bits per heavy atom. The molecule has 0 atom stereocenters. The van der Waals surface area contributed by atoms with Crippen molar-refractivity contribution >= 4 is 38.2 Å². The lowest BCUT2D eigenvalue weighted by molar-refractivity contribution is 0.0983. The molecule has 4 aromatic rings. The minimum absolute atomic E-state index is 0.00761. The van der Waals surface area contributed by atoms with Crippen molar-refractivity contribution < 1.29 is 17.6 Å². The predicted octanol–water partition coefficient (Wildman–Crippen LogP) is 3.27. The van der Waals surface area contributed by atoms with E-state index < -0.39 is 21.6 Å². The molecular formula is C24H21FN6O3S. The molecule has 9 nitrogen and oxygen atoms in total. The Labute approximate surface area is 200 Å². The van der Waals surface area contributed by atoms with Crippen LogP contribution in [0.2, 0.25) is 0 Å². The topological polar surface area (TPSA) is 132 Å². The van der Waals surface area contributed by atoms with Gasteiger partial charge >= 0.3 is 0 Å². The lowest BCUT2D eigenvalue weighted by atomic mass is 10.1. The smallest absolute Gasteiger partial charge is 0.261 e. The summed E-state index contributed by atoms with van der Waals surface area (Å²) in [6, 6.07) is 9.41. The summed E-state index contributed by atoms with van der Waals surface area (Å²) < 4.78 is 38.7. The first-order valence-electron chi connectivity index (χ1n) is 10.8. The molecule has 0 spiro atoms. The average molecular weight is 493 g/mol. The number of carbonyl (C=O) groups excluding carboxylic acids is 1. The lowest BCUT2D eigenvalue weighted by Crippen LogP contribution is -2.32. The lowest BCUT2D eigenvalue weighted by Gasteiger charge is -2.24. The minimum Gasteiger partial charge on any atom is -0.381 e. The number of nitrogens with zero attached hydrogens (tertiary/aromatic N) is 5. The van der Waals surface area contributed by atoms with Crippen LogP contribution in [0, 0.1) is 5.82 Å². The van der Waals surface area contributed by atoms with Crippen molar-refractivity contribution in [1.29, 1.82) is 0 Å². The zero-order valence-corrected chi connectivity index (χ0v) is 19.5. The van der Waals surface area contributed by atoms with Gasteiger partial charge in [-0.25, -0.2) is 32.7 Å². The summed E-state index contributed by atoms with van der Waals surface area (Å²) in [6.45, 7) is -0.00761. The van der Waals surface area contributed by atoms with Crippen LogP contribution in [0.25, 0.3) is 10.9 Å². The second-order valence-electron chi connectivity index (χ2n) is 8.48. The van der Waals surface area contributed by atoms with Crippen molar-refractivity contribution in [2.45, 2.75) is 30.3 Å². The maximum atomic E-state index is 13.8. The van der Waals surface area contributed by atoms with Gasteiger partial charge in [0.05, 0.1) is 23.3 Å². The Kier molecular flexibility index (Phi) is 5.64. The molecule has 1 aliphatic rings. The summed E-state index contributed by atoms with van der Waals surface area (Å²) in [7, 11) is -3.75. The first-order chi connectivity index (χ1) is 16.7. The van der Waals surface area contributed by atoms with Crippen molar-refractivity contribution in [3.8, 4) is 0 Å². The number of amides is 1. The number of fused-ring (bicyclic) bond motifs is 1. The second-order valence-corrected chi connectivity index (χ2v) is 10.4. The first kappa shape index (κ1) is 22.8. The Morgan fingerprint density at radius 2 is 1.89 bits per heavy atom. The third-order valence-corrected chi connectivity index (χ3v) is 6.72.